The molecule has 1 aromatic rings. The Balaban J connectivity index is 2.71. The molecule has 0 saturated carbocycles. The van der Waals surface area contributed by atoms with Crippen LogP contribution in [0.15, 0.2) is 6.07 Å². The average Bonchev–Trinajstić information content (AvgIpc) is 2.27. The molecule has 1 rings (SSSR count). The lowest BCUT2D eigenvalue weighted by Crippen LogP contribution is -2.24. The van der Waals surface area contributed by atoms with E-state index in [0.29, 0.717) is 5.88 Å². The molecule has 5 heteroatoms. The molecule has 0 unspecified atom stereocenters. The van der Waals surface area contributed by atoms with Crippen molar-refractivity contribution < 1.29 is 4.74 Å². The molecule has 0 aliphatic carbocycles. The van der Waals surface area contributed by atoms with Crippen LogP contribution in [-0.4, -0.2) is 43.3 Å². The van der Waals surface area contributed by atoms with E-state index < -0.39 is 0 Å². The smallest absolute Gasteiger partial charge is 0.228 e. The van der Waals surface area contributed by atoms with Gasteiger partial charge in [0.2, 0.25) is 11.8 Å². The number of anilines is 1. The van der Waals surface area contributed by atoms with Gasteiger partial charge in [-0.05, 0) is 40.8 Å². The monoisotopic (exact) mass is 252 g/mol. The van der Waals surface area contributed by atoms with Gasteiger partial charge in [-0.15, -0.1) is 0 Å². The van der Waals surface area contributed by atoms with Crippen LogP contribution in [0.25, 0.3) is 0 Å². The number of nitrogens with zero attached hydrogens (tertiary/aromatic N) is 3. The van der Waals surface area contributed by atoms with E-state index in [2.05, 4.69) is 20.2 Å². The van der Waals surface area contributed by atoms with Gasteiger partial charge in [0.05, 0.1) is 6.10 Å². The predicted octanol–water partition coefficient (Wildman–Crippen LogP) is 1.62. The van der Waals surface area contributed by atoms with Crippen molar-refractivity contribution in [3.63, 3.8) is 0 Å². The molecule has 0 atom stereocenters. The molecule has 0 radical (unpaired) electrons. The Morgan fingerprint density at radius 1 is 1.39 bits per heavy atom. The van der Waals surface area contributed by atoms with Gasteiger partial charge in [-0.25, -0.2) is 4.98 Å². The molecule has 102 valence electrons. The Bertz CT molecular complexity index is 368. The summed E-state index contributed by atoms with van der Waals surface area (Å²) < 4.78 is 5.62. The third-order valence-electron chi connectivity index (χ3n) is 2.44. The highest BCUT2D eigenvalue weighted by Crippen LogP contribution is 2.15. The summed E-state index contributed by atoms with van der Waals surface area (Å²) in [6.07, 6.45) is 1.19. The van der Waals surface area contributed by atoms with E-state index in [-0.39, 0.29) is 6.10 Å². The third kappa shape index (κ3) is 4.87. The largest absolute Gasteiger partial charge is 0.475 e. The number of nitrogens with one attached hydrogen (secondary N) is 1. The van der Waals surface area contributed by atoms with Crippen molar-refractivity contribution in [3.8, 4) is 5.88 Å². The lowest BCUT2D eigenvalue weighted by Gasteiger charge is -2.18. The van der Waals surface area contributed by atoms with Crippen molar-refractivity contribution in [2.24, 2.45) is 0 Å². The molecule has 0 spiro atoms. The Labute approximate surface area is 110 Å². The Hall–Kier alpha value is -1.36. The number of hydrogen-bond donors (Lipinski definition) is 1. The van der Waals surface area contributed by atoms with Gasteiger partial charge in [-0.2, -0.15) is 4.98 Å². The summed E-state index contributed by atoms with van der Waals surface area (Å²) in [6, 6.07) is 1.87. The van der Waals surface area contributed by atoms with E-state index in [9.17, 15) is 0 Å². The summed E-state index contributed by atoms with van der Waals surface area (Å²) in [4.78, 5) is 10.9. The molecule has 1 heterocycles. The van der Waals surface area contributed by atoms with Gasteiger partial charge >= 0.3 is 0 Å². The van der Waals surface area contributed by atoms with Gasteiger partial charge in [0, 0.05) is 25.4 Å². The normalized spacial score (nSPS) is 10.8. The highest BCUT2D eigenvalue weighted by molar-refractivity contribution is 5.33. The second-order valence-electron chi connectivity index (χ2n) is 4.69. The summed E-state index contributed by atoms with van der Waals surface area (Å²) in [6.45, 7) is 7.86. The number of aromatic nitrogens is 2. The summed E-state index contributed by atoms with van der Waals surface area (Å²) >= 11 is 0. The summed E-state index contributed by atoms with van der Waals surface area (Å²) in [5.41, 5.74) is 0.927. The third-order valence-corrected chi connectivity index (χ3v) is 2.44. The highest BCUT2D eigenvalue weighted by Gasteiger charge is 2.08. The number of ether oxygens (including phenoxy) is 1. The molecule has 1 aromatic heterocycles. The van der Waals surface area contributed by atoms with E-state index in [1.165, 1.54) is 0 Å². The molecular formula is C13H24N4O. The van der Waals surface area contributed by atoms with E-state index in [1.54, 1.807) is 0 Å². The van der Waals surface area contributed by atoms with Crippen LogP contribution in [-0.2, 0) is 0 Å². The quantitative estimate of drug-likeness (QED) is 0.747. The zero-order chi connectivity index (χ0) is 13.5. The molecule has 0 aliphatic rings. The van der Waals surface area contributed by atoms with Gasteiger partial charge in [0.25, 0.3) is 0 Å². The van der Waals surface area contributed by atoms with Gasteiger partial charge in [0.15, 0.2) is 0 Å². The fraction of sp³-hybridized carbons (Fsp3) is 0.692. The highest BCUT2D eigenvalue weighted by atomic mass is 16.5. The van der Waals surface area contributed by atoms with Crippen LogP contribution in [0.2, 0.25) is 0 Å². The van der Waals surface area contributed by atoms with Crippen LogP contribution in [0.1, 0.15) is 26.0 Å². The first-order chi connectivity index (χ1) is 8.52. The maximum atomic E-state index is 5.62. The SMILES string of the molecule is CNCCCN(C)c1nc(C)cc(OC(C)C)n1. The second-order valence-corrected chi connectivity index (χ2v) is 4.69. The second kappa shape index (κ2) is 7.16. The number of aryl methyl sites for hydroxylation is 1. The van der Waals surface area contributed by atoms with Crippen molar-refractivity contribution >= 4 is 5.95 Å². The molecule has 0 amide bonds. The molecule has 0 bridgehead atoms. The van der Waals surface area contributed by atoms with Gasteiger partial charge in [0.1, 0.15) is 0 Å². The van der Waals surface area contributed by atoms with E-state index >= 15 is 0 Å². The number of hydrogen-bond acceptors (Lipinski definition) is 5. The zero-order valence-corrected chi connectivity index (χ0v) is 12.0. The zero-order valence-electron chi connectivity index (χ0n) is 12.0. The van der Waals surface area contributed by atoms with Crippen molar-refractivity contribution in [1.29, 1.82) is 0 Å². The summed E-state index contributed by atoms with van der Waals surface area (Å²) in [7, 11) is 3.96. The lowest BCUT2D eigenvalue weighted by molar-refractivity contribution is 0.232. The summed E-state index contributed by atoms with van der Waals surface area (Å²) in [5, 5.41) is 3.13. The van der Waals surface area contributed by atoms with E-state index in [4.69, 9.17) is 4.74 Å². The molecule has 1 N–H and O–H groups in total. The van der Waals surface area contributed by atoms with Crippen LogP contribution in [0.3, 0.4) is 0 Å². The van der Waals surface area contributed by atoms with Crippen molar-refractivity contribution in [1.82, 2.24) is 15.3 Å². The van der Waals surface area contributed by atoms with Crippen molar-refractivity contribution in [2.45, 2.75) is 33.3 Å². The molecule has 0 aromatic carbocycles. The molecule has 5 nitrogen and oxygen atoms in total. The first kappa shape index (κ1) is 14.7. The molecular weight excluding hydrogens is 228 g/mol. The fourth-order valence-electron chi connectivity index (χ4n) is 1.59. The average molecular weight is 252 g/mol. The Morgan fingerprint density at radius 2 is 2.11 bits per heavy atom. The topological polar surface area (TPSA) is 50.3 Å². The first-order valence-electron chi connectivity index (χ1n) is 6.41. The standard InChI is InChI=1S/C13H24N4O/c1-10(2)18-12-9-11(3)15-13(16-12)17(5)8-6-7-14-4/h9-10,14H,6-8H2,1-5H3. The molecule has 18 heavy (non-hydrogen) atoms. The van der Waals surface area contributed by atoms with Crippen LogP contribution in [0, 0.1) is 6.92 Å². The Kier molecular flexibility index (Phi) is 5.85. The number of rotatable bonds is 7. The Morgan fingerprint density at radius 3 is 2.72 bits per heavy atom. The van der Waals surface area contributed by atoms with Gasteiger partial charge in [-0.3, -0.25) is 0 Å². The minimum absolute atomic E-state index is 0.127. The predicted molar refractivity (Wildman–Crippen MR) is 74.3 cm³/mol. The minimum Gasteiger partial charge on any atom is -0.475 e. The van der Waals surface area contributed by atoms with Crippen LogP contribution in [0.4, 0.5) is 5.95 Å². The van der Waals surface area contributed by atoms with E-state index in [0.717, 1.165) is 31.2 Å². The molecule has 0 fully saturated rings. The van der Waals surface area contributed by atoms with Crippen LogP contribution in [0.5, 0.6) is 5.88 Å². The van der Waals surface area contributed by atoms with Gasteiger partial charge in [-0.1, -0.05) is 0 Å². The summed E-state index contributed by atoms with van der Waals surface area (Å²) in [5.74, 6) is 1.37. The van der Waals surface area contributed by atoms with Crippen molar-refractivity contribution in [2.75, 3.05) is 32.1 Å². The van der Waals surface area contributed by atoms with Gasteiger partial charge < -0.3 is 15.0 Å². The van der Waals surface area contributed by atoms with E-state index in [1.807, 2.05) is 40.9 Å². The maximum absolute atomic E-state index is 5.62. The lowest BCUT2D eigenvalue weighted by atomic mass is 10.4. The maximum Gasteiger partial charge on any atom is 0.228 e. The van der Waals surface area contributed by atoms with Crippen LogP contribution >= 0.6 is 0 Å². The van der Waals surface area contributed by atoms with Crippen molar-refractivity contribution in [3.05, 3.63) is 11.8 Å². The minimum atomic E-state index is 0.127. The molecule has 0 saturated heterocycles. The fourth-order valence-corrected chi connectivity index (χ4v) is 1.59. The molecule has 0 aliphatic heterocycles. The first-order valence-corrected chi connectivity index (χ1v) is 6.41. The van der Waals surface area contributed by atoms with Crippen LogP contribution < -0.4 is 15.0 Å².